The number of rotatable bonds is 9. The zero-order chi connectivity index (χ0) is 23.5. The Morgan fingerprint density at radius 1 is 1.16 bits per heavy atom. The Bertz CT molecular complexity index is 1200. The van der Waals surface area contributed by atoms with Gasteiger partial charge in [-0.2, -0.15) is 0 Å². The molecular formula is C24H29ClN2O4S. The van der Waals surface area contributed by atoms with Gasteiger partial charge in [-0.15, -0.1) is 0 Å². The number of aromatic nitrogens is 1. The van der Waals surface area contributed by atoms with E-state index in [2.05, 4.69) is 11.6 Å². The lowest BCUT2D eigenvalue weighted by atomic mass is 10.0. The van der Waals surface area contributed by atoms with Crippen LogP contribution in [0.1, 0.15) is 51.6 Å². The number of sulfonamides is 1. The maximum Gasteiger partial charge on any atom is 0.334 e. The molecule has 0 spiro atoms. The van der Waals surface area contributed by atoms with E-state index in [-0.39, 0.29) is 5.97 Å². The number of ether oxygens (including phenoxy) is 1. The van der Waals surface area contributed by atoms with Crippen molar-refractivity contribution in [3.63, 3.8) is 0 Å². The summed E-state index contributed by atoms with van der Waals surface area (Å²) in [5, 5.41) is 1.26. The highest BCUT2D eigenvalue weighted by Gasteiger charge is 2.31. The molecule has 0 fully saturated rings. The van der Waals surface area contributed by atoms with Crippen molar-refractivity contribution in [2.75, 3.05) is 11.0 Å². The van der Waals surface area contributed by atoms with Crippen LogP contribution in [-0.2, 0) is 19.6 Å². The van der Waals surface area contributed by atoms with Crippen molar-refractivity contribution in [1.82, 2.24) is 4.57 Å². The van der Waals surface area contributed by atoms with Crippen molar-refractivity contribution in [2.24, 2.45) is 0 Å². The largest absolute Gasteiger partial charge is 0.458 e. The first-order valence-electron chi connectivity index (χ1n) is 10.6. The lowest BCUT2D eigenvalue weighted by Gasteiger charge is -2.29. The van der Waals surface area contributed by atoms with Gasteiger partial charge in [0.15, 0.2) is 6.04 Å². The molecule has 32 heavy (non-hydrogen) atoms. The summed E-state index contributed by atoms with van der Waals surface area (Å²) in [5.41, 5.74) is 1.28. The number of unbranched alkanes of at least 4 members (excludes halogenated alkanes) is 1. The average Bonchev–Trinajstić information content (AvgIpc) is 3.11. The maximum absolute atomic E-state index is 13.5. The molecule has 2 aromatic carbocycles. The molecule has 0 saturated carbocycles. The molecule has 3 aromatic rings. The van der Waals surface area contributed by atoms with Gasteiger partial charge in [0.25, 0.3) is 0 Å². The predicted octanol–water partition coefficient (Wildman–Crippen LogP) is 5.77. The van der Waals surface area contributed by atoms with Gasteiger partial charge in [-0.1, -0.05) is 43.1 Å². The fourth-order valence-corrected chi connectivity index (χ4v) is 4.44. The molecule has 0 aliphatic rings. The third-order valence-electron chi connectivity index (χ3n) is 5.25. The third kappa shape index (κ3) is 5.84. The zero-order valence-corrected chi connectivity index (χ0v) is 20.3. The Balaban J connectivity index is 2.08. The third-order valence-corrected chi connectivity index (χ3v) is 6.10. The summed E-state index contributed by atoms with van der Waals surface area (Å²) in [6, 6.07) is 13.4. The standard InChI is InChI=1S/C24H29ClN2O4S/c1-5-6-15-24(2,3)31-23(28)22(17-10-12-18(25)13-11-17)27-16-14-19-20(26-32(4,29)30)8-7-9-21(19)27/h7-14,16,22,26H,5-6,15H2,1-4H3. The van der Waals surface area contributed by atoms with E-state index in [9.17, 15) is 13.2 Å². The Morgan fingerprint density at radius 3 is 2.47 bits per heavy atom. The van der Waals surface area contributed by atoms with Crippen LogP contribution in [0.5, 0.6) is 0 Å². The van der Waals surface area contributed by atoms with Gasteiger partial charge in [0.05, 0.1) is 17.5 Å². The van der Waals surface area contributed by atoms with Gasteiger partial charge in [0.2, 0.25) is 10.0 Å². The predicted molar refractivity (Wildman–Crippen MR) is 130 cm³/mol. The lowest BCUT2D eigenvalue weighted by Crippen LogP contribution is -2.33. The highest BCUT2D eigenvalue weighted by Crippen LogP contribution is 2.32. The number of halogens is 1. The van der Waals surface area contributed by atoms with Crippen LogP contribution >= 0.6 is 11.6 Å². The number of nitrogens with zero attached hydrogens (tertiary/aromatic N) is 1. The summed E-state index contributed by atoms with van der Waals surface area (Å²) in [6.07, 6.45) is 5.61. The van der Waals surface area contributed by atoms with Crippen LogP contribution in [-0.4, -0.2) is 30.8 Å². The molecule has 1 aromatic heterocycles. The number of carbonyl (C=O) groups excluding carboxylic acids is 1. The quantitative estimate of drug-likeness (QED) is 0.398. The van der Waals surface area contributed by atoms with Crippen molar-refractivity contribution >= 4 is 44.2 Å². The van der Waals surface area contributed by atoms with Crippen LogP contribution in [0.4, 0.5) is 5.69 Å². The van der Waals surface area contributed by atoms with E-state index in [1.54, 1.807) is 48.7 Å². The van der Waals surface area contributed by atoms with Gasteiger partial charge in [-0.05, 0) is 62.6 Å². The van der Waals surface area contributed by atoms with Gasteiger partial charge in [0.1, 0.15) is 5.60 Å². The molecule has 8 heteroatoms. The molecule has 0 bridgehead atoms. The minimum atomic E-state index is -3.45. The first-order chi connectivity index (χ1) is 15.0. The number of hydrogen-bond acceptors (Lipinski definition) is 4. The summed E-state index contributed by atoms with van der Waals surface area (Å²) in [6.45, 7) is 5.94. The number of esters is 1. The fraction of sp³-hybridized carbons (Fsp3) is 0.375. The average molecular weight is 477 g/mol. The first-order valence-corrected chi connectivity index (χ1v) is 12.8. The molecule has 1 atom stereocenters. The normalized spacial score (nSPS) is 13.2. The highest BCUT2D eigenvalue weighted by molar-refractivity contribution is 7.92. The van der Waals surface area contributed by atoms with E-state index in [1.165, 1.54) is 0 Å². The number of nitrogens with one attached hydrogen (secondary N) is 1. The van der Waals surface area contributed by atoms with Crippen LogP contribution in [0, 0.1) is 0 Å². The van der Waals surface area contributed by atoms with Crippen LogP contribution in [0.2, 0.25) is 5.02 Å². The Kier molecular flexibility index (Phi) is 7.20. The van der Waals surface area contributed by atoms with Crippen LogP contribution in [0.3, 0.4) is 0 Å². The molecule has 0 aliphatic carbocycles. The van der Waals surface area contributed by atoms with E-state index >= 15 is 0 Å². The molecule has 0 saturated heterocycles. The molecule has 0 amide bonds. The van der Waals surface area contributed by atoms with Gasteiger partial charge in [-0.3, -0.25) is 4.72 Å². The number of carbonyl (C=O) groups is 1. The molecule has 6 nitrogen and oxygen atoms in total. The summed E-state index contributed by atoms with van der Waals surface area (Å²) in [7, 11) is -3.45. The van der Waals surface area contributed by atoms with Crippen LogP contribution in [0.15, 0.2) is 54.7 Å². The van der Waals surface area contributed by atoms with Crippen LogP contribution < -0.4 is 4.72 Å². The number of hydrogen-bond donors (Lipinski definition) is 1. The second kappa shape index (κ2) is 9.55. The molecule has 0 aliphatic heterocycles. The van der Waals surface area contributed by atoms with Gasteiger partial charge in [-0.25, -0.2) is 13.2 Å². The van der Waals surface area contributed by atoms with Gasteiger partial charge in [0, 0.05) is 16.6 Å². The number of anilines is 1. The van der Waals surface area contributed by atoms with E-state index in [1.807, 2.05) is 24.5 Å². The molecular weight excluding hydrogens is 448 g/mol. The van der Waals surface area contributed by atoms with Gasteiger partial charge >= 0.3 is 5.97 Å². The van der Waals surface area contributed by atoms with E-state index < -0.39 is 21.7 Å². The molecule has 0 radical (unpaired) electrons. The number of benzene rings is 2. The number of fused-ring (bicyclic) bond motifs is 1. The zero-order valence-electron chi connectivity index (χ0n) is 18.8. The monoisotopic (exact) mass is 476 g/mol. The SMILES string of the molecule is CCCCC(C)(C)OC(=O)C(c1ccc(Cl)cc1)n1ccc2c(NS(C)(=O)=O)cccc21. The topological polar surface area (TPSA) is 77.4 Å². The fourth-order valence-electron chi connectivity index (χ4n) is 3.74. The molecule has 1 heterocycles. The maximum atomic E-state index is 13.5. The summed E-state index contributed by atoms with van der Waals surface area (Å²) >= 11 is 6.07. The van der Waals surface area contributed by atoms with Gasteiger partial charge < -0.3 is 9.30 Å². The molecule has 1 N–H and O–H groups in total. The molecule has 172 valence electrons. The minimum absolute atomic E-state index is 0.382. The molecule has 3 rings (SSSR count). The minimum Gasteiger partial charge on any atom is -0.458 e. The lowest BCUT2D eigenvalue weighted by molar-refractivity contribution is -0.159. The highest BCUT2D eigenvalue weighted by atomic mass is 35.5. The van der Waals surface area contributed by atoms with Crippen LogP contribution in [0.25, 0.3) is 10.9 Å². The first kappa shape index (κ1) is 24.1. The summed E-state index contributed by atoms with van der Waals surface area (Å²) < 4.78 is 33.9. The molecule has 1 unspecified atom stereocenters. The van der Waals surface area contributed by atoms with Crippen molar-refractivity contribution in [3.05, 3.63) is 65.3 Å². The summed E-state index contributed by atoms with van der Waals surface area (Å²) in [5.74, 6) is -0.382. The Morgan fingerprint density at radius 2 is 1.84 bits per heavy atom. The van der Waals surface area contributed by atoms with Crippen molar-refractivity contribution in [3.8, 4) is 0 Å². The Labute approximate surface area is 194 Å². The second-order valence-electron chi connectivity index (χ2n) is 8.57. The van der Waals surface area contributed by atoms with Crippen molar-refractivity contribution < 1.29 is 17.9 Å². The van der Waals surface area contributed by atoms with Crippen molar-refractivity contribution in [2.45, 2.75) is 51.7 Å². The Hall–Kier alpha value is -2.51. The smallest absolute Gasteiger partial charge is 0.334 e. The van der Waals surface area contributed by atoms with E-state index in [4.69, 9.17) is 16.3 Å². The second-order valence-corrected chi connectivity index (χ2v) is 10.8. The van der Waals surface area contributed by atoms with Crippen molar-refractivity contribution in [1.29, 1.82) is 0 Å². The van der Waals surface area contributed by atoms with E-state index in [0.717, 1.165) is 31.1 Å². The summed E-state index contributed by atoms with van der Waals surface area (Å²) in [4.78, 5) is 13.5. The van der Waals surface area contributed by atoms with E-state index in [0.29, 0.717) is 21.6 Å².